The molecule has 3 heteroatoms. The van der Waals surface area contributed by atoms with Gasteiger partial charge in [-0.15, -0.1) is 0 Å². The molecule has 0 spiro atoms. The van der Waals surface area contributed by atoms with E-state index in [0.717, 1.165) is 0 Å². The normalized spacial score (nSPS) is 18.9. The minimum Gasteiger partial charge on any atom is -0.395 e. The molecule has 0 aliphatic heterocycles. The molecule has 0 saturated heterocycles. The second kappa shape index (κ2) is 3.32. The summed E-state index contributed by atoms with van der Waals surface area (Å²) in [5.41, 5.74) is 0. The van der Waals surface area contributed by atoms with Crippen molar-refractivity contribution < 1.29 is 10.2 Å². The standard InChI is InChI=1S/C7H15NO2/c1-8(6-2-3-6)7(4-9)5-10/h6-7,9-10H,2-5H2,1H3. The molecule has 0 aromatic rings. The lowest BCUT2D eigenvalue weighted by Crippen LogP contribution is -2.39. The molecule has 0 amide bonds. The lowest BCUT2D eigenvalue weighted by Gasteiger charge is -2.23. The zero-order valence-electron chi connectivity index (χ0n) is 6.32. The maximum absolute atomic E-state index is 8.77. The molecule has 0 bridgehead atoms. The van der Waals surface area contributed by atoms with Crippen LogP contribution in [-0.4, -0.2) is 47.5 Å². The number of hydrogen-bond acceptors (Lipinski definition) is 3. The monoisotopic (exact) mass is 145 g/mol. The van der Waals surface area contributed by atoms with Gasteiger partial charge in [-0.1, -0.05) is 0 Å². The molecule has 2 N–H and O–H groups in total. The molecular formula is C7H15NO2. The molecule has 0 aromatic carbocycles. The second-order valence-corrected chi connectivity index (χ2v) is 2.92. The summed E-state index contributed by atoms with van der Waals surface area (Å²) < 4.78 is 0. The molecule has 0 aromatic heterocycles. The topological polar surface area (TPSA) is 43.7 Å². The second-order valence-electron chi connectivity index (χ2n) is 2.92. The van der Waals surface area contributed by atoms with Crippen molar-refractivity contribution in [1.82, 2.24) is 4.90 Å². The zero-order chi connectivity index (χ0) is 7.56. The summed E-state index contributed by atoms with van der Waals surface area (Å²) in [4.78, 5) is 2.06. The van der Waals surface area contributed by atoms with Gasteiger partial charge in [0.15, 0.2) is 0 Å². The summed E-state index contributed by atoms with van der Waals surface area (Å²) in [6, 6.07) is 0.566. The van der Waals surface area contributed by atoms with Gasteiger partial charge in [-0.3, -0.25) is 4.90 Å². The highest BCUT2D eigenvalue weighted by Crippen LogP contribution is 2.26. The van der Waals surface area contributed by atoms with Crippen LogP contribution in [0.25, 0.3) is 0 Å². The van der Waals surface area contributed by atoms with E-state index >= 15 is 0 Å². The molecule has 3 nitrogen and oxygen atoms in total. The Morgan fingerprint density at radius 2 is 1.90 bits per heavy atom. The fraction of sp³-hybridized carbons (Fsp3) is 1.00. The van der Waals surface area contributed by atoms with Crippen LogP contribution in [0, 0.1) is 0 Å². The average Bonchev–Trinajstić information content (AvgIpc) is 2.71. The van der Waals surface area contributed by atoms with E-state index < -0.39 is 0 Å². The predicted octanol–water partition coefficient (Wildman–Crippen LogP) is -0.566. The molecular weight excluding hydrogens is 130 g/mol. The van der Waals surface area contributed by atoms with Crippen LogP contribution in [0.5, 0.6) is 0 Å². The van der Waals surface area contributed by atoms with Gasteiger partial charge in [0.05, 0.1) is 19.3 Å². The highest BCUT2D eigenvalue weighted by atomic mass is 16.3. The highest BCUT2D eigenvalue weighted by molar-refractivity contribution is 4.85. The van der Waals surface area contributed by atoms with Crippen molar-refractivity contribution in [1.29, 1.82) is 0 Å². The van der Waals surface area contributed by atoms with Gasteiger partial charge in [-0.2, -0.15) is 0 Å². The van der Waals surface area contributed by atoms with Gasteiger partial charge in [-0.05, 0) is 19.9 Å². The summed E-state index contributed by atoms with van der Waals surface area (Å²) in [5, 5.41) is 17.5. The van der Waals surface area contributed by atoms with Crippen LogP contribution in [-0.2, 0) is 0 Å². The third-order valence-corrected chi connectivity index (χ3v) is 2.12. The Bertz CT molecular complexity index is 99.8. The van der Waals surface area contributed by atoms with Crippen LogP contribution >= 0.6 is 0 Å². The maximum Gasteiger partial charge on any atom is 0.0609 e. The van der Waals surface area contributed by atoms with Crippen LogP contribution in [0.1, 0.15) is 12.8 Å². The van der Waals surface area contributed by atoms with Crippen molar-refractivity contribution in [2.75, 3.05) is 20.3 Å². The molecule has 1 aliphatic rings. The number of nitrogens with zero attached hydrogens (tertiary/aromatic N) is 1. The molecule has 0 unspecified atom stereocenters. The van der Waals surface area contributed by atoms with Gasteiger partial charge in [0.1, 0.15) is 0 Å². The first-order valence-electron chi connectivity index (χ1n) is 3.73. The lowest BCUT2D eigenvalue weighted by atomic mass is 10.3. The van der Waals surface area contributed by atoms with E-state index in [4.69, 9.17) is 10.2 Å². The first-order chi connectivity index (χ1) is 4.79. The van der Waals surface area contributed by atoms with E-state index in [0.29, 0.717) is 6.04 Å². The van der Waals surface area contributed by atoms with E-state index in [1.54, 1.807) is 0 Å². The first kappa shape index (κ1) is 7.98. The third kappa shape index (κ3) is 1.68. The molecule has 1 saturated carbocycles. The fourth-order valence-electron chi connectivity index (χ4n) is 1.10. The molecule has 1 rings (SSSR count). The van der Waals surface area contributed by atoms with Gasteiger partial charge in [0.25, 0.3) is 0 Å². The molecule has 1 fully saturated rings. The van der Waals surface area contributed by atoms with Crippen molar-refractivity contribution in [3.8, 4) is 0 Å². The van der Waals surface area contributed by atoms with Crippen LogP contribution in [0.3, 0.4) is 0 Å². The number of hydrogen-bond donors (Lipinski definition) is 2. The summed E-state index contributed by atoms with van der Waals surface area (Å²) in [7, 11) is 1.95. The van der Waals surface area contributed by atoms with E-state index in [-0.39, 0.29) is 19.3 Å². The number of rotatable bonds is 4. The Morgan fingerprint density at radius 3 is 2.20 bits per heavy atom. The smallest absolute Gasteiger partial charge is 0.0609 e. The molecule has 0 heterocycles. The summed E-state index contributed by atoms with van der Waals surface area (Å²) >= 11 is 0. The number of aliphatic hydroxyl groups is 2. The van der Waals surface area contributed by atoms with Crippen molar-refractivity contribution in [3.05, 3.63) is 0 Å². The SMILES string of the molecule is CN(C(CO)CO)C1CC1. The van der Waals surface area contributed by atoms with E-state index in [1.165, 1.54) is 12.8 Å². The highest BCUT2D eigenvalue weighted by Gasteiger charge is 2.30. The zero-order valence-corrected chi connectivity index (χ0v) is 6.32. The Hall–Kier alpha value is -0.120. The van der Waals surface area contributed by atoms with Crippen molar-refractivity contribution in [3.63, 3.8) is 0 Å². The van der Waals surface area contributed by atoms with E-state index in [9.17, 15) is 0 Å². The lowest BCUT2D eigenvalue weighted by molar-refractivity contribution is 0.0869. The van der Waals surface area contributed by atoms with Gasteiger partial charge in [-0.25, -0.2) is 0 Å². The Labute approximate surface area is 61.3 Å². The third-order valence-electron chi connectivity index (χ3n) is 2.12. The average molecular weight is 145 g/mol. The van der Waals surface area contributed by atoms with Gasteiger partial charge in [0.2, 0.25) is 0 Å². The summed E-state index contributed by atoms with van der Waals surface area (Å²) in [6.45, 7) is 0.118. The van der Waals surface area contributed by atoms with Crippen LogP contribution in [0.15, 0.2) is 0 Å². The van der Waals surface area contributed by atoms with Crippen molar-refractivity contribution >= 4 is 0 Å². The van der Waals surface area contributed by atoms with Gasteiger partial charge < -0.3 is 10.2 Å². The molecule has 0 radical (unpaired) electrons. The van der Waals surface area contributed by atoms with Crippen LogP contribution in [0.4, 0.5) is 0 Å². The molecule has 60 valence electrons. The minimum atomic E-state index is -0.0486. The Balaban J connectivity index is 2.27. The van der Waals surface area contributed by atoms with Gasteiger partial charge in [0, 0.05) is 6.04 Å². The fourth-order valence-corrected chi connectivity index (χ4v) is 1.10. The predicted molar refractivity (Wildman–Crippen MR) is 38.7 cm³/mol. The van der Waals surface area contributed by atoms with Crippen LogP contribution in [0.2, 0.25) is 0 Å². The van der Waals surface area contributed by atoms with Crippen molar-refractivity contribution in [2.45, 2.75) is 24.9 Å². The first-order valence-corrected chi connectivity index (χ1v) is 3.73. The molecule has 1 aliphatic carbocycles. The Kier molecular flexibility index (Phi) is 2.65. The largest absolute Gasteiger partial charge is 0.395 e. The number of likely N-dealkylation sites (N-methyl/N-ethyl adjacent to an activating group) is 1. The maximum atomic E-state index is 8.77. The van der Waals surface area contributed by atoms with Crippen molar-refractivity contribution in [2.24, 2.45) is 0 Å². The summed E-state index contributed by atoms with van der Waals surface area (Å²) in [5.74, 6) is 0. The van der Waals surface area contributed by atoms with Gasteiger partial charge >= 0.3 is 0 Å². The van der Waals surface area contributed by atoms with E-state index in [1.807, 2.05) is 7.05 Å². The quantitative estimate of drug-likeness (QED) is 0.557. The molecule has 10 heavy (non-hydrogen) atoms. The minimum absolute atomic E-state index is 0.0486. The van der Waals surface area contributed by atoms with E-state index in [2.05, 4.69) is 4.90 Å². The van der Waals surface area contributed by atoms with Crippen LogP contribution < -0.4 is 0 Å². The summed E-state index contributed by atoms with van der Waals surface area (Å²) in [6.07, 6.45) is 2.43. The number of aliphatic hydroxyl groups excluding tert-OH is 2. The molecule has 0 atom stereocenters. The Morgan fingerprint density at radius 1 is 1.40 bits per heavy atom.